The summed E-state index contributed by atoms with van der Waals surface area (Å²) in [5, 5.41) is 11.7. The Morgan fingerprint density at radius 2 is 1.96 bits per heavy atom. The molecule has 2 heterocycles. The summed E-state index contributed by atoms with van der Waals surface area (Å²) in [7, 11) is 0. The van der Waals surface area contributed by atoms with Crippen molar-refractivity contribution in [1.82, 2.24) is 0 Å². The molecule has 0 fully saturated rings. The van der Waals surface area contributed by atoms with Gasteiger partial charge in [0.2, 0.25) is 5.69 Å². The molecule has 136 valence electrons. The zero-order valence-electron chi connectivity index (χ0n) is 14.0. The largest absolute Gasteiger partial charge is 1.00 e. The number of nitrogens with zero attached hydrogens (tertiary/aromatic N) is 3. The number of hydrogen-bond donors (Lipinski definition) is 1. The lowest BCUT2D eigenvalue weighted by Gasteiger charge is -2.03. The number of ketones is 1. The number of aromatic nitrogens is 2. The van der Waals surface area contributed by atoms with E-state index in [2.05, 4.69) is 5.16 Å². The van der Waals surface area contributed by atoms with Crippen LogP contribution in [0.15, 0.2) is 54.1 Å². The van der Waals surface area contributed by atoms with Gasteiger partial charge in [-0.3, -0.25) is 9.53 Å². The summed E-state index contributed by atoms with van der Waals surface area (Å²) in [6, 6.07) is 9.17. The van der Waals surface area contributed by atoms with Crippen LogP contribution in [0.2, 0.25) is 0 Å². The molecule has 0 aromatic carbocycles. The van der Waals surface area contributed by atoms with E-state index in [-0.39, 0.29) is 59.7 Å². The monoisotopic (exact) mass is 569 g/mol. The van der Waals surface area contributed by atoms with Crippen molar-refractivity contribution >= 4 is 12.0 Å². The molecule has 25 heavy (non-hydrogen) atoms. The maximum absolute atomic E-state index is 12.0. The van der Waals surface area contributed by atoms with Gasteiger partial charge in [0.25, 0.3) is 13.5 Å². The van der Waals surface area contributed by atoms with Gasteiger partial charge in [0, 0.05) is 24.1 Å². The summed E-state index contributed by atoms with van der Waals surface area (Å²) in [4.78, 5) is 12.0. The predicted molar refractivity (Wildman–Crippen MR) is 82.9 cm³/mol. The molecule has 0 aliphatic heterocycles. The van der Waals surface area contributed by atoms with E-state index in [1.807, 2.05) is 59.6 Å². The summed E-state index contributed by atoms with van der Waals surface area (Å²) in [5.74, 6) is 0.0743. The van der Waals surface area contributed by atoms with Crippen molar-refractivity contribution in [1.29, 1.82) is 0 Å². The van der Waals surface area contributed by atoms with E-state index in [1.165, 1.54) is 6.21 Å². The van der Waals surface area contributed by atoms with E-state index in [4.69, 9.17) is 9.94 Å². The van der Waals surface area contributed by atoms with Gasteiger partial charge in [-0.05, 0) is 12.1 Å². The Labute approximate surface area is 181 Å². The Morgan fingerprint density at radius 1 is 1.20 bits per heavy atom. The fourth-order valence-electron chi connectivity index (χ4n) is 2.11. The molecule has 0 saturated heterocycles. The SMILES string of the molecule is CC(C)C(=O)c1ccc[n+](COC[n+]2ccccc2C=NO)c1.[I-].[I-]. The number of oxime groups is 1. The first-order valence-corrected chi connectivity index (χ1v) is 7.39. The molecular formula is C17H21I2N3O3. The minimum atomic E-state index is -0.0352. The molecule has 0 radical (unpaired) electrons. The van der Waals surface area contributed by atoms with Crippen LogP contribution in [0.25, 0.3) is 0 Å². The molecule has 0 atom stereocenters. The van der Waals surface area contributed by atoms with Crippen molar-refractivity contribution < 1.29 is 71.8 Å². The molecule has 8 heteroatoms. The Kier molecular flexibility index (Phi) is 11.7. The number of carbonyl (C=O) groups is 1. The van der Waals surface area contributed by atoms with Crippen molar-refractivity contribution in [3.05, 3.63) is 60.2 Å². The van der Waals surface area contributed by atoms with E-state index >= 15 is 0 Å². The highest BCUT2D eigenvalue weighted by Crippen LogP contribution is 2.05. The summed E-state index contributed by atoms with van der Waals surface area (Å²) in [5.41, 5.74) is 1.40. The molecule has 2 aromatic heterocycles. The van der Waals surface area contributed by atoms with Gasteiger partial charge in [-0.1, -0.05) is 19.0 Å². The Balaban J connectivity index is 0.00000288. The van der Waals surface area contributed by atoms with Crippen molar-refractivity contribution in [2.45, 2.75) is 27.3 Å². The number of Topliss-reactive ketones (excluding diaryl/α,β-unsaturated/α-hetero) is 1. The second-order valence-electron chi connectivity index (χ2n) is 5.43. The molecule has 0 amide bonds. The number of hydrogen-bond acceptors (Lipinski definition) is 4. The first kappa shape index (κ1) is 23.9. The third kappa shape index (κ3) is 7.32. The highest BCUT2D eigenvalue weighted by atomic mass is 127. The quantitative estimate of drug-likeness (QED) is 0.0915. The lowest BCUT2D eigenvalue weighted by atomic mass is 10.0. The lowest BCUT2D eigenvalue weighted by Crippen LogP contribution is -3.00. The van der Waals surface area contributed by atoms with Crippen LogP contribution >= 0.6 is 0 Å². The summed E-state index contributed by atoms with van der Waals surface area (Å²) >= 11 is 0. The van der Waals surface area contributed by atoms with Gasteiger partial charge in [-0.15, -0.1) is 0 Å². The van der Waals surface area contributed by atoms with E-state index in [1.54, 1.807) is 12.3 Å². The molecule has 0 aliphatic carbocycles. The van der Waals surface area contributed by atoms with Crippen LogP contribution in [0.3, 0.4) is 0 Å². The number of rotatable bonds is 7. The zero-order chi connectivity index (χ0) is 16.7. The third-order valence-corrected chi connectivity index (χ3v) is 3.30. The number of ether oxygens (including phenoxy) is 1. The molecule has 2 aromatic rings. The summed E-state index contributed by atoms with van der Waals surface area (Å²) in [6.45, 7) is 4.38. The fourth-order valence-corrected chi connectivity index (χ4v) is 2.11. The van der Waals surface area contributed by atoms with Gasteiger partial charge in [0.1, 0.15) is 6.21 Å². The van der Waals surface area contributed by atoms with E-state index in [0.29, 0.717) is 19.0 Å². The second-order valence-corrected chi connectivity index (χ2v) is 5.43. The number of pyridine rings is 2. The zero-order valence-corrected chi connectivity index (χ0v) is 18.4. The second kappa shape index (κ2) is 12.3. The number of halogens is 2. The summed E-state index contributed by atoms with van der Waals surface area (Å²) < 4.78 is 9.29. The van der Waals surface area contributed by atoms with Crippen LogP contribution in [0.1, 0.15) is 29.9 Å². The average molecular weight is 569 g/mol. The van der Waals surface area contributed by atoms with Crippen molar-refractivity contribution in [3.63, 3.8) is 0 Å². The van der Waals surface area contributed by atoms with Crippen molar-refractivity contribution in [2.75, 3.05) is 0 Å². The molecule has 0 bridgehead atoms. The van der Waals surface area contributed by atoms with Gasteiger partial charge in [-0.2, -0.15) is 9.13 Å². The minimum absolute atomic E-state index is 0. The van der Waals surface area contributed by atoms with Gasteiger partial charge in [-0.25, -0.2) is 0 Å². The van der Waals surface area contributed by atoms with Gasteiger partial charge in [0.05, 0.1) is 5.56 Å². The maximum Gasteiger partial charge on any atom is 0.258 e. The third-order valence-electron chi connectivity index (χ3n) is 3.30. The molecule has 1 N–H and O–H groups in total. The maximum atomic E-state index is 12.0. The first-order valence-electron chi connectivity index (χ1n) is 7.39. The van der Waals surface area contributed by atoms with Gasteiger partial charge >= 0.3 is 0 Å². The standard InChI is InChI=1S/C17H20N3O3.2HI/c1-14(2)17(21)15-6-5-8-19(11-15)12-23-13-20-9-4-3-7-16(20)10-18-22;;/h3-11,14H,12-13H2,1-2H3;2*1H/q+1;;/p-1. The van der Waals surface area contributed by atoms with Crippen LogP contribution in [0, 0.1) is 5.92 Å². The van der Waals surface area contributed by atoms with Gasteiger partial charge in [0.15, 0.2) is 24.4 Å². The van der Waals surface area contributed by atoms with Crippen LogP contribution < -0.4 is 57.1 Å². The minimum Gasteiger partial charge on any atom is -1.00 e. The number of carbonyl (C=O) groups excluding carboxylic acids is 1. The topological polar surface area (TPSA) is 66.7 Å². The van der Waals surface area contributed by atoms with E-state index < -0.39 is 0 Å². The van der Waals surface area contributed by atoms with Crippen LogP contribution in [0.4, 0.5) is 0 Å². The van der Waals surface area contributed by atoms with E-state index in [9.17, 15) is 4.79 Å². The lowest BCUT2D eigenvalue weighted by molar-refractivity contribution is -0.788. The molecular weight excluding hydrogens is 548 g/mol. The predicted octanol–water partition coefficient (Wildman–Crippen LogP) is -4.45. The Morgan fingerprint density at radius 3 is 2.64 bits per heavy atom. The summed E-state index contributed by atoms with van der Waals surface area (Å²) in [6.07, 6.45) is 6.82. The highest BCUT2D eigenvalue weighted by Gasteiger charge is 2.14. The highest BCUT2D eigenvalue weighted by molar-refractivity contribution is 5.96. The first-order chi connectivity index (χ1) is 11.1. The van der Waals surface area contributed by atoms with Crippen molar-refractivity contribution in [2.24, 2.45) is 11.1 Å². The molecule has 0 unspecified atom stereocenters. The van der Waals surface area contributed by atoms with Crippen LogP contribution in [-0.2, 0) is 18.2 Å². The van der Waals surface area contributed by atoms with Crippen molar-refractivity contribution in [3.8, 4) is 0 Å². The molecule has 0 saturated carbocycles. The van der Waals surface area contributed by atoms with E-state index in [0.717, 1.165) is 5.69 Å². The fraction of sp³-hybridized carbons (Fsp3) is 0.294. The smallest absolute Gasteiger partial charge is 0.258 e. The molecule has 2 rings (SSSR count). The van der Waals surface area contributed by atoms with Gasteiger partial charge < -0.3 is 53.2 Å². The Hall–Kier alpha value is -1.14. The average Bonchev–Trinajstić information content (AvgIpc) is 2.56. The molecule has 6 nitrogen and oxygen atoms in total. The van der Waals surface area contributed by atoms with Crippen LogP contribution in [0.5, 0.6) is 0 Å². The van der Waals surface area contributed by atoms with Crippen LogP contribution in [-0.4, -0.2) is 17.2 Å². The Bertz CT molecular complexity index is 709. The molecule has 0 aliphatic rings. The normalized spacial score (nSPS) is 10.4. The molecule has 0 spiro atoms.